The number of aliphatic imine (C=N–C) groups is 1. The van der Waals surface area contributed by atoms with E-state index in [0.29, 0.717) is 0 Å². The van der Waals surface area contributed by atoms with E-state index in [1.807, 2.05) is 18.3 Å². The first-order valence-corrected chi connectivity index (χ1v) is 8.17. The van der Waals surface area contributed by atoms with E-state index in [2.05, 4.69) is 20.9 Å². The van der Waals surface area contributed by atoms with Gasteiger partial charge in [-0.25, -0.2) is 0 Å². The molecule has 1 aromatic carbocycles. The molecule has 6 nitrogen and oxygen atoms in total. The van der Waals surface area contributed by atoms with Crippen molar-refractivity contribution < 1.29 is 9.47 Å². The summed E-state index contributed by atoms with van der Waals surface area (Å²) in [6.07, 6.45) is 3.10. The molecule has 23 heavy (non-hydrogen) atoms. The Morgan fingerprint density at radius 3 is 2.96 bits per heavy atom. The first kappa shape index (κ1) is 16.2. The molecule has 2 atom stereocenters. The van der Waals surface area contributed by atoms with Gasteiger partial charge in [0.15, 0.2) is 0 Å². The molecule has 0 bridgehead atoms. The average Bonchev–Trinajstić information content (AvgIpc) is 2.60. The maximum Gasteiger partial charge on any atom is 0.121 e. The van der Waals surface area contributed by atoms with Crippen LogP contribution in [0.15, 0.2) is 23.2 Å². The second-order valence-electron chi connectivity index (χ2n) is 6.14. The monoisotopic (exact) mass is 318 g/mol. The van der Waals surface area contributed by atoms with Gasteiger partial charge in [-0.15, -0.1) is 0 Å². The molecule has 0 aromatic heterocycles. The number of methoxy groups -OCH3 is 2. The molecule has 2 N–H and O–H groups in total. The van der Waals surface area contributed by atoms with Gasteiger partial charge in [0.2, 0.25) is 0 Å². The summed E-state index contributed by atoms with van der Waals surface area (Å²) in [5.74, 6) is 0.870. The molecule has 0 amide bonds. The van der Waals surface area contributed by atoms with E-state index in [-0.39, 0.29) is 12.1 Å². The summed E-state index contributed by atoms with van der Waals surface area (Å²) < 4.78 is 10.8. The lowest BCUT2D eigenvalue weighted by Gasteiger charge is -2.37. The van der Waals surface area contributed by atoms with E-state index in [1.54, 1.807) is 14.2 Å². The third kappa shape index (κ3) is 3.65. The van der Waals surface area contributed by atoms with Crippen molar-refractivity contribution in [3.05, 3.63) is 18.2 Å². The Labute approximate surface area is 137 Å². The third-order valence-electron chi connectivity index (χ3n) is 4.74. The van der Waals surface area contributed by atoms with Crippen molar-refractivity contribution in [3.63, 3.8) is 0 Å². The molecule has 1 fully saturated rings. The zero-order valence-corrected chi connectivity index (χ0v) is 13.9. The van der Waals surface area contributed by atoms with Crippen molar-refractivity contribution in [1.82, 2.24) is 4.90 Å². The van der Waals surface area contributed by atoms with Gasteiger partial charge in [-0.1, -0.05) is 0 Å². The SMILES string of the molecule is COc1ccc2c(c1)N(CCN1CC[C@H](N)[C@@H](OC)C1)CC=N2. The zero-order chi connectivity index (χ0) is 16.2. The highest BCUT2D eigenvalue weighted by atomic mass is 16.5. The fourth-order valence-electron chi connectivity index (χ4n) is 3.25. The maximum atomic E-state index is 6.09. The molecule has 126 valence electrons. The molecule has 0 aliphatic carbocycles. The number of benzene rings is 1. The first-order valence-electron chi connectivity index (χ1n) is 8.17. The minimum absolute atomic E-state index is 0.138. The van der Waals surface area contributed by atoms with E-state index in [4.69, 9.17) is 15.2 Å². The van der Waals surface area contributed by atoms with Crippen LogP contribution in [-0.4, -0.2) is 70.2 Å². The Morgan fingerprint density at radius 1 is 1.30 bits per heavy atom. The second-order valence-corrected chi connectivity index (χ2v) is 6.14. The second kappa shape index (κ2) is 7.29. The minimum atomic E-state index is 0.138. The molecule has 1 saturated heterocycles. The van der Waals surface area contributed by atoms with Crippen LogP contribution in [0.25, 0.3) is 0 Å². The number of nitrogens with two attached hydrogens (primary N) is 1. The van der Waals surface area contributed by atoms with Crippen molar-refractivity contribution in [3.8, 4) is 5.75 Å². The highest BCUT2D eigenvalue weighted by molar-refractivity contribution is 5.82. The molecule has 0 radical (unpaired) electrons. The number of nitrogens with zero attached hydrogens (tertiary/aromatic N) is 3. The molecular weight excluding hydrogens is 292 g/mol. The minimum Gasteiger partial charge on any atom is -0.497 e. The summed E-state index contributed by atoms with van der Waals surface area (Å²) in [5.41, 5.74) is 8.24. The van der Waals surface area contributed by atoms with E-state index in [1.165, 1.54) is 0 Å². The molecule has 1 aromatic rings. The highest BCUT2D eigenvalue weighted by Crippen LogP contribution is 2.34. The smallest absolute Gasteiger partial charge is 0.121 e. The van der Waals surface area contributed by atoms with Crippen molar-refractivity contribution in [2.24, 2.45) is 10.7 Å². The van der Waals surface area contributed by atoms with E-state index >= 15 is 0 Å². The number of likely N-dealkylation sites (tertiary alicyclic amines) is 1. The standard InChI is InChI=1S/C17H26N4O2/c1-22-13-3-4-15-16(11-13)21(8-6-19-15)10-9-20-7-5-14(18)17(12-20)23-2/h3-4,6,11,14,17H,5,7-10,12,18H2,1-2H3/t14-,17-/m0/s1. The van der Waals surface area contributed by atoms with E-state index in [0.717, 1.165) is 56.3 Å². The summed E-state index contributed by atoms with van der Waals surface area (Å²) in [4.78, 5) is 9.26. The fourth-order valence-corrected chi connectivity index (χ4v) is 3.25. The van der Waals surface area contributed by atoms with Crippen molar-refractivity contribution >= 4 is 17.6 Å². The van der Waals surface area contributed by atoms with Crippen LogP contribution in [-0.2, 0) is 4.74 Å². The molecule has 0 spiro atoms. The Hall–Kier alpha value is -1.63. The summed E-state index contributed by atoms with van der Waals surface area (Å²) in [5, 5.41) is 0. The number of piperidine rings is 1. The van der Waals surface area contributed by atoms with Gasteiger partial charge < -0.3 is 20.1 Å². The van der Waals surface area contributed by atoms with Gasteiger partial charge in [0.1, 0.15) is 5.75 Å². The molecule has 0 unspecified atom stereocenters. The van der Waals surface area contributed by atoms with Crippen LogP contribution in [0.5, 0.6) is 5.75 Å². The highest BCUT2D eigenvalue weighted by Gasteiger charge is 2.26. The largest absolute Gasteiger partial charge is 0.497 e. The number of hydrogen-bond acceptors (Lipinski definition) is 6. The Kier molecular flexibility index (Phi) is 5.15. The van der Waals surface area contributed by atoms with Crippen LogP contribution in [0, 0.1) is 0 Å². The number of ether oxygens (including phenoxy) is 2. The lowest BCUT2D eigenvalue weighted by atomic mass is 10.0. The summed E-state index contributed by atoms with van der Waals surface area (Å²) in [7, 11) is 3.44. The topological polar surface area (TPSA) is 63.3 Å². The summed E-state index contributed by atoms with van der Waals surface area (Å²) in [6.45, 7) is 4.73. The third-order valence-corrected chi connectivity index (χ3v) is 4.74. The van der Waals surface area contributed by atoms with Gasteiger partial charge in [0, 0.05) is 45.1 Å². The lowest BCUT2D eigenvalue weighted by Crippen LogP contribution is -2.52. The van der Waals surface area contributed by atoms with Crippen LogP contribution in [0.1, 0.15) is 6.42 Å². The van der Waals surface area contributed by atoms with Gasteiger partial charge in [-0.2, -0.15) is 0 Å². The average molecular weight is 318 g/mol. The Bertz CT molecular complexity index is 564. The van der Waals surface area contributed by atoms with Crippen LogP contribution >= 0.6 is 0 Å². The molecule has 6 heteroatoms. The van der Waals surface area contributed by atoms with Crippen LogP contribution < -0.4 is 15.4 Å². The molecule has 2 heterocycles. The molecule has 2 aliphatic rings. The van der Waals surface area contributed by atoms with Crippen LogP contribution in [0.4, 0.5) is 11.4 Å². The number of hydrogen-bond donors (Lipinski definition) is 1. The molecule has 0 saturated carbocycles. The summed E-state index contributed by atoms with van der Waals surface area (Å²) in [6, 6.07) is 6.19. The number of anilines is 1. The quantitative estimate of drug-likeness (QED) is 0.886. The molecular formula is C17H26N4O2. The maximum absolute atomic E-state index is 6.09. The molecule has 3 rings (SSSR count). The predicted octanol–water partition coefficient (Wildman–Crippen LogP) is 1.27. The van der Waals surface area contributed by atoms with Crippen molar-refractivity contribution in [1.29, 1.82) is 0 Å². The fraction of sp³-hybridized carbons (Fsp3) is 0.588. The van der Waals surface area contributed by atoms with Crippen molar-refractivity contribution in [2.45, 2.75) is 18.6 Å². The first-order chi connectivity index (χ1) is 11.2. The zero-order valence-electron chi connectivity index (χ0n) is 13.9. The number of rotatable bonds is 5. The van der Waals surface area contributed by atoms with Crippen LogP contribution in [0.3, 0.4) is 0 Å². The summed E-state index contributed by atoms with van der Waals surface area (Å²) >= 11 is 0. The van der Waals surface area contributed by atoms with Gasteiger partial charge >= 0.3 is 0 Å². The van der Waals surface area contributed by atoms with Gasteiger partial charge in [-0.05, 0) is 25.1 Å². The van der Waals surface area contributed by atoms with Crippen molar-refractivity contribution in [2.75, 3.05) is 51.8 Å². The Morgan fingerprint density at radius 2 is 2.17 bits per heavy atom. The number of fused-ring (bicyclic) bond motifs is 1. The van der Waals surface area contributed by atoms with Gasteiger partial charge in [-0.3, -0.25) is 9.89 Å². The predicted molar refractivity (Wildman–Crippen MR) is 93.2 cm³/mol. The van der Waals surface area contributed by atoms with E-state index in [9.17, 15) is 0 Å². The van der Waals surface area contributed by atoms with Gasteiger partial charge in [0.05, 0.1) is 31.1 Å². The Balaban J connectivity index is 1.62. The van der Waals surface area contributed by atoms with E-state index < -0.39 is 0 Å². The lowest BCUT2D eigenvalue weighted by molar-refractivity contribution is 0.0178. The normalized spacial score (nSPS) is 24.6. The van der Waals surface area contributed by atoms with Gasteiger partial charge in [0.25, 0.3) is 0 Å². The van der Waals surface area contributed by atoms with Crippen LogP contribution in [0.2, 0.25) is 0 Å². The molecule has 2 aliphatic heterocycles.